The monoisotopic (exact) mass is 357 g/mol. The molecule has 1 aromatic carbocycles. The molecular weight excluding hydrogens is 334 g/mol. The van der Waals surface area contributed by atoms with Crippen LogP contribution in [0.1, 0.15) is 60.9 Å². The van der Waals surface area contributed by atoms with Gasteiger partial charge in [0.05, 0.1) is 5.56 Å². The van der Waals surface area contributed by atoms with Crippen molar-refractivity contribution in [3.05, 3.63) is 52.4 Å². The summed E-state index contributed by atoms with van der Waals surface area (Å²) in [7, 11) is 0. The van der Waals surface area contributed by atoms with E-state index in [1.54, 1.807) is 37.4 Å². The van der Waals surface area contributed by atoms with Crippen molar-refractivity contribution >= 4 is 33.9 Å². The summed E-state index contributed by atoms with van der Waals surface area (Å²) in [6, 6.07) is 9.17. The molecule has 2 rings (SSSR count). The Morgan fingerprint density at radius 1 is 1.00 bits per heavy atom. The Labute approximate surface area is 152 Å². The number of hydrogen-bond donors (Lipinski definition) is 2. The third-order valence-corrected chi connectivity index (χ3v) is 4.36. The van der Waals surface area contributed by atoms with Gasteiger partial charge < -0.3 is 5.32 Å². The molecule has 132 valence electrons. The number of benzene rings is 1. The number of hydrazone groups is 1. The average Bonchev–Trinajstić information content (AvgIpc) is 3.00. The Balaban J connectivity index is 2.13. The maximum atomic E-state index is 12.5. The summed E-state index contributed by atoms with van der Waals surface area (Å²) in [4.78, 5) is 24.6. The van der Waals surface area contributed by atoms with Crippen molar-refractivity contribution in [2.24, 2.45) is 5.10 Å². The number of nitrogens with one attached hydrogen (secondary N) is 2. The number of carbonyl (C=O) groups excluding carboxylic acids is 2. The van der Waals surface area contributed by atoms with Gasteiger partial charge in [-0.3, -0.25) is 9.59 Å². The quantitative estimate of drug-likeness (QED) is 0.628. The minimum absolute atomic E-state index is 0.0337. The van der Waals surface area contributed by atoms with Crippen LogP contribution in [0.4, 0.5) is 5.00 Å². The summed E-state index contributed by atoms with van der Waals surface area (Å²) < 4.78 is 0. The van der Waals surface area contributed by atoms with Crippen LogP contribution in [0.2, 0.25) is 0 Å². The molecule has 5 nitrogen and oxygen atoms in total. The molecule has 2 aromatic rings. The molecule has 0 bridgehead atoms. The largest absolute Gasteiger partial charge is 0.313 e. The maximum Gasteiger partial charge on any atom is 0.274 e. The summed E-state index contributed by atoms with van der Waals surface area (Å²) in [6.45, 7) is 9.95. The zero-order valence-electron chi connectivity index (χ0n) is 15.1. The van der Waals surface area contributed by atoms with Crippen LogP contribution < -0.4 is 10.7 Å². The van der Waals surface area contributed by atoms with E-state index in [0.29, 0.717) is 16.1 Å². The topological polar surface area (TPSA) is 70.6 Å². The fourth-order valence-electron chi connectivity index (χ4n) is 2.10. The van der Waals surface area contributed by atoms with Gasteiger partial charge in [-0.2, -0.15) is 5.10 Å². The molecule has 0 radical (unpaired) electrons. The van der Waals surface area contributed by atoms with E-state index in [1.165, 1.54) is 11.3 Å². The van der Waals surface area contributed by atoms with Crippen LogP contribution >= 0.6 is 11.3 Å². The molecular formula is C19H23N3O2S. The Hall–Kier alpha value is -2.47. The highest BCUT2D eigenvalue weighted by Crippen LogP contribution is 2.25. The van der Waals surface area contributed by atoms with Crippen LogP contribution in [-0.2, 0) is 5.41 Å². The fourth-order valence-corrected chi connectivity index (χ4v) is 2.88. The summed E-state index contributed by atoms with van der Waals surface area (Å²) in [5.74, 6) is -0.590. The lowest BCUT2D eigenvalue weighted by molar-refractivity contribution is 0.0956. The Morgan fingerprint density at radius 2 is 1.64 bits per heavy atom. The van der Waals surface area contributed by atoms with Crippen molar-refractivity contribution < 1.29 is 9.59 Å². The number of carbonyl (C=O) groups is 2. The first-order chi connectivity index (χ1) is 11.7. The van der Waals surface area contributed by atoms with Gasteiger partial charge in [-0.05, 0) is 48.4 Å². The predicted octanol–water partition coefficient (Wildman–Crippen LogP) is 4.42. The Kier molecular flexibility index (Phi) is 5.74. The van der Waals surface area contributed by atoms with Gasteiger partial charge in [0.1, 0.15) is 5.00 Å². The van der Waals surface area contributed by atoms with E-state index in [9.17, 15) is 9.59 Å². The highest BCUT2D eigenvalue weighted by Gasteiger charge is 2.17. The number of hydrogen-bond acceptors (Lipinski definition) is 4. The molecule has 0 spiro atoms. The minimum atomic E-state index is -0.346. The smallest absolute Gasteiger partial charge is 0.274 e. The van der Waals surface area contributed by atoms with E-state index in [4.69, 9.17) is 0 Å². The van der Waals surface area contributed by atoms with E-state index in [1.807, 2.05) is 12.1 Å². The van der Waals surface area contributed by atoms with E-state index in [0.717, 1.165) is 11.3 Å². The van der Waals surface area contributed by atoms with Crippen LogP contribution in [0, 0.1) is 0 Å². The summed E-state index contributed by atoms with van der Waals surface area (Å²) >= 11 is 1.30. The normalized spacial score (nSPS) is 10.9. The van der Waals surface area contributed by atoms with Gasteiger partial charge >= 0.3 is 0 Å². The van der Waals surface area contributed by atoms with Crippen molar-refractivity contribution in [2.45, 2.75) is 40.0 Å². The zero-order chi connectivity index (χ0) is 18.6. The van der Waals surface area contributed by atoms with Gasteiger partial charge in [0.15, 0.2) is 0 Å². The molecule has 0 aliphatic carbocycles. The number of rotatable bonds is 4. The first-order valence-corrected chi connectivity index (χ1v) is 8.87. The molecule has 0 saturated heterocycles. The lowest BCUT2D eigenvalue weighted by Crippen LogP contribution is -2.20. The van der Waals surface area contributed by atoms with Crippen molar-refractivity contribution in [1.82, 2.24) is 5.43 Å². The van der Waals surface area contributed by atoms with E-state index >= 15 is 0 Å². The summed E-state index contributed by atoms with van der Waals surface area (Å²) in [5, 5.41) is 8.97. The molecule has 0 atom stereocenters. The third kappa shape index (κ3) is 5.00. The highest BCUT2D eigenvalue weighted by atomic mass is 32.1. The summed E-state index contributed by atoms with van der Waals surface area (Å²) in [6.07, 6.45) is 0. The highest BCUT2D eigenvalue weighted by molar-refractivity contribution is 7.14. The van der Waals surface area contributed by atoms with Gasteiger partial charge in [0.2, 0.25) is 0 Å². The van der Waals surface area contributed by atoms with Crippen LogP contribution in [0.5, 0.6) is 0 Å². The lowest BCUT2D eigenvalue weighted by Gasteiger charge is -2.19. The molecule has 0 aliphatic heterocycles. The first kappa shape index (κ1) is 18.9. The Morgan fingerprint density at radius 3 is 2.20 bits per heavy atom. The second kappa shape index (κ2) is 7.61. The number of anilines is 1. The molecule has 2 amide bonds. The number of nitrogens with zero attached hydrogens (tertiary/aromatic N) is 1. The second-order valence-electron chi connectivity index (χ2n) is 6.94. The van der Waals surface area contributed by atoms with E-state index in [2.05, 4.69) is 36.6 Å². The van der Waals surface area contributed by atoms with Gasteiger partial charge in [-0.1, -0.05) is 32.9 Å². The van der Waals surface area contributed by atoms with Gasteiger partial charge in [0.25, 0.3) is 11.8 Å². The standard InChI is InChI=1S/C19H23N3O2S/c1-12(2)21-22-17(24)15-10-11-25-18(15)20-16(23)13-6-8-14(9-7-13)19(3,4)5/h6-11H,1-5H3,(H,20,23)(H,22,24). The van der Waals surface area contributed by atoms with Crippen LogP contribution in [0.3, 0.4) is 0 Å². The molecule has 0 unspecified atom stereocenters. The number of thiophene rings is 1. The minimum Gasteiger partial charge on any atom is -0.313 e. The predicted molar refractivity (Wildman–Crippen MR) is 104 cm³/mol. The molecule has 2 N–H and O–H groups in total. The second-order valence-corrected chi connectivity index (χ2v) is 7.86. The lowest BCUT2D eigenvalue weighted by atomic mass is 9.87. The summed E-state index contributed by atoms with van der Waals surface area (Å²) in [5.41, 5.74) is 5.35. The molecule has 25 heavy (non-hydrogen) atoms. The molecule has 1 aromatic heterocycles. The molecule has 6 heteroatoms. The van der Waals surface area contributed by atoms with Gasteiger partial charge in [-0.25, -0.2) is 5.43 Å². The van der Waals surface area contributed by atoms with Crippen molar-refractivity contribution in [1.29, 1.82) is 0 Å². The van der Waals surface area contributed by atoms with Gasteiger partial charge in [-0.15, -0.1) is 11.3 Å². The molecule has 0 saturated carbocycles. The first-order valence-electron chi connectivity index (χ1n) is 7.99. The fraction of sp³-hybridized carbons (Fsp3) is 0.316. The van der Waals surface area contributed by atoms with Gasteiger partial charge in [0, 0.05) is 11.3 Å². The molecule has 0 fully saturated rings. The number of amides is 2. The van der Waals surface area contributed by atoms with Crippen LogP contribution in [0.25, 0.3) is 0 Å². The zero-order valence-corrected chi connectivity index (χ0v) is 16.0. The van der Waals surface area contributed by atoms with Crippen molar-refractivity contribution in [2.75, 3.05) is 5.32 Å². The molecule has 0 aliphatic rings. The van der Waals surface area contributed by atoms with Crippen molar-refractivity contribution in [3.8, 4) is 0 Å². The van der Waals surface area contributed by atoms with Crippen molar-refractivity contribution in [3.63, 3.8) is 0 Å². The SMILES string of the molecule is CC(C)=NNC(=O)c1ccsc1NC(=O)c1ccc(C(C)(C)C)cc1. The maximum absolute atomic E-state index is 12.5. The third-order valence-electron chi connectivity index (χ3n) is 3.53. The van der Waals surface area contributed by atoms with Crippen LogP contribution in [-0.4, -0.2) is 17.5 Å². The molecule has 1 heterocycles. The van der Waals surface area contributed by atoms with Crippen LogP contribution in [0.15, 0.2) is 40.8 Å². The van der Waals surface area contributed by atoms with E-state index in [-0.39, 0.29) is 17.2 Å². The average molecular weight is 357 g/mol. The Bertz CT molecular complexity index is 795. The van der Waals surface area contributed by atoms with E-state index < -0.39 is 0 Å².